The van der Waals surface area contributed by atoms with Crippen LogP contribution in [0.4, 0.5) is 5.69 Å². The summed E-state index contributed by atoms with van der Waals surface area (Å²) in [4.78, 5) is 28.5. The lowest BCUT2D eigenvalue weighted by atomic mass is 10.2. The van der Waals surface area contributed by atoms with Crippen LogP contribution in [0, 0.1) is 0 Å². The van der Waals surface area contributed by atoms with Gasteiger partial charge in [0.15, 0.2) is 13.2 Å². The van der Waals surface area contributed by atoms with Crippen LogP contribution in [0.5, 0.6) is 11.5 Å². The number of ether oxygens (including phenoxy) is 2. The molecule has 1 aromatic heterocycles. The van der Waals surface area contributed by atoms with Crippen LogP contribution < -0.4 is 20.2 Å². The Balaban J connectivity index is 1.21. The Morgan fingerprint density at radius 3 is 2.53 bits per heavy atom. The maximum atomic E-state index is 12.1. The molecule has 4 aromatic rings. The van der Waals surface area contributed by atoms with Crippen LogP contribution in [0.3, 0.4) is 0 Å². The molecule has 0 radical (unpaired) electrons. The van der Waals surface area contributed by atoms with Gasteiger partial charge in [0.2, 0.25) is 0 Å². The van der Waals surface area contributed by atoms with Crippen molar-refractivity contribution >= 4 is 57.8 Å². The summed E-state index contributed by atoms with van der Waals surface area (Å²) in [5.74, 6) is 0.215. The summed E-state index contributed by atoms with van der Waals surface area (Å²) in [6, 6.07) is 20.9. The van der Waals surface area contributed by atoms with E-state index in [0.717, 1.165) is 10.9 Å². The van der Waals surface area contributed by atoms with Crippen LogP contribution in [0.1, 0.15) is 5.56 Å². The lowest BCUT2D eigenvalue weighted by molar-refractivity contribution is -0.123. The molecule has 10 heteroatoms. The smallest absolute Gasteiger partial charge is 0.277 e. The fourth-order valence-corrected chi connectivity index (χ4v) is 3.46. The van der Waals surface area contributed by atoms with Crippen LogP contribution in [0.15, 0.2) is 84.1 Å². The maximum Gasteiger partial charge on any atom is 0.277 e. The zero-order chi connectivity index (χ0) is 25.3. The summed E-state index contributed by atoms with van der Waals surface area (Å²) in [6.45, 7) is -0.416. The third kappa shape index (κ3) is 6.94. The largest absolute Gasteiger partial charge is 0.484 e. The average Bonchev–Trinajstić information content (AvgIpc) is 2.89. The third-order valence-electron chi connectivity index (χ3n) is 4.81. The second-order valence-corrected chi connectivity index (χ2v) is 8.29. The summed E-state index contributed by atoms with van der Waals surface area (Å²) in [6.07, 6.45) is 3.15. The molecule has 0 aliphatic rings. The number of para-hydroxylation sites is 1. The van der Waals surface area contributed by atoms with E-state index in [2.05, 4.69) is 20.8 Å². The molecule has 36 heavy (non-hydrogen) atoms. The van der Waals surface area contributed by atoms with E-state index in [1.165, 1.54) is 6.21 Å². The topological polar surface area (TPSA) is 102 Å². The molecule has 0 saturated heterocycles. The van der Waals surface area contributed by atoms with Crippen molar-refractivity contribution in [3.05, 3.63) is 94.6 Å². The van der Waals surface area contributed by atoms with Crippen molar-refractivity contribution in [2.75, 3.05) is 18.5 Å². The summed E-state index contributed by atoms with van der Waals surface area (Å²) in [5.41, 5.74) is 4.23. The molecule has 0 aliphatic carbocycles. The van der Waals surface area contributed by atoms with Crippen molar-refractivity contribution in [3.8, 4) is 11.5 Å². The van der Waals surface area contributed by atoms with Gasteiger partial charge in [-0.15, -0.1) is 0 Å². The molecule has 182 valence electrons. The van der Waals surface area contributed by atoms with E-state index in [0.29, 0.717) is 32.7 Å². The van der Waals surface area contributed by atoms with Gasteiger partial charge in [-0.3, -0.25) is 14.6 Å². The number of fused-ring (bicyclic) bond motifs is 1. The minimum absolute atomic E-state index is 0.206. The van der Waals surface area contributed by atoms with E-state index in [-0.39, 0.29) is 19.1 Å². The van der Waals surface area contributed by atoms with Gasteiger partial charge in [-0.05, 0) is 60.2 Å². The van der Waals surface area contributed by atoms with E-state index in [9.17, 15) is 9.59 Å². The quantitative estimate of drug-likeness (QED) is 0.235. The molecule has 0 atom stereocenters. The number of hydrogen-bond donors (Lipinski definition) is 2. The van der Waals surface area contributed by atoms with Crippen molar-refractivity contribution in [2.45, 2.75) is 0 Å². The molecule has 3 aromatic carbocycles. The fraction of sp³-hybridized carbons (Fsp3) is 0.0769. The number of pyridine rings is 1. The van der Waals surface area contributed by atoms with Gasteiger partial charge in [0.05, 0.1) is 16.9 Å². The zero-order valence-corrected chi connectivity index (χ0v) is 20.3. The molecule has 2 amide bonds. The second kappa shape index (κ2) is 12.0. The Labute approximate surface area is 216 Å². The zero-order valence-electron chi connectivity index (χ0n) is 18.8. The predicted octanol–water partition coefficient (Wildman–Crippen LogP) is 5.09. The molecule has 4 rings (SSSR count). The summed E-state index contributed by atoms with van der Waals surface area (Å²) < 4.78 is 11.1. The van der Waals surface area contributed by atoms with E-state index in [1.54, 1.807) is 54.7 Å². The fourth-order valence-electron chi connectivity index (χ4n) is 3.13. The van der Waals surface area contributed by atoms with Crippen LogP contribution in [0.2, 0.25) is 10.0 Å². The summed E-state index contributed by atoms with van der Waals surface area (Å²) >= 11 is 12.0. The number of nitrogens with zero attached hydrogens (tertiary/aromatic N) is 2. The highest BCUT2D eigenvalue weighted by molar-refractivity contribution is 6.35. The maximum absolute atomic E-state index is 12.1. The van der Waals surface area contributed by atoms with Gasteiger partial charge in [0.25, 0.3) is 11.8 Å². The first-order valence-electron chi connectivity index (χ1n) is 10.7. The van der Waals surface area contributed by atoms with Gasteiger partial charge in [0, 0.05) is 16.6 Å². The van der Waals surface area contributed by atoms with Gasteiger partial charge >= 0.3 is 0 Å². The number of carbonyl (C=O) groups excluding carboxylic acids is 2. The van der Waals surface area contributed by atoms with Crippen LogP contribution in [-0.2, 0) is 9.59 Å². The lowest BCUT2D eigenvalue weighted by Gasteiger charge is -2.09. The second-order valence-electron chi connectivity index (χ2n) is 7.44. The molecule has 0 spiro atoms. The van der Waals surface area contributed by atoms with Crippen LogP contribution in [-0.4, -0.2) is 36.2 Å². The minimum Gasteiger partial charge on any atom is -0.484 e. The molecule has 1 heterocycles. The van der Waals surface area contributed by atoms with Crippen molar-refractivity contribution < 1.29 is 19.1 Å². The average molecular weight is 523 g/mol. The third-order valence-corrected chi connectivity index (χ3v) is 5.37. The first-order valence-corrected chi connectivity index (χ1v) is 11.5. The highest BCUT2D eigenvalue weighted by Crippen LogP contribution is 2.25. The van der Waals surface area contributed by atoms with Gasteiger partial charge in [-0.2, -0.15) is 5.10 Å². The first-order chi connectivity index (χ1) is 17.5. The van der Waals surface area contributed by atoms with E-state index in [4.69, 9.17) is 32.7 Å². The van der Waals surface area contributed by atoms with Crippen molar-refractivity contribution in [2.24, 2.45) is 5.10 Å². The number of amides is 2. The number of carbonyl (C=O) groups is 2. The van der Waals surface area contributed by atoms with E-state index >= 15 is 0 Å². The van der Waals surface area contributed by atoms with E-state index in [1.807, 2.05) is 24.3 Å². The van der Waals surface area contributed by atoms with E-state index < -0.39 is 5.91 Å². The first kappa shape index (κ1) is 25.0. The predicted molar refractivity (Wildman–Crippen MR) is 140 cm³/mol. The normalized spacial score (nSPS) is 10.8. The SMILES string of the molecule is O=C(COc1cccc2cccnc12)N/N=C\c1ccc(OCC(=O)Nc2cc(Cl)ccc2Cl)cc1. The molecule has 0 unspecified atom stereocenters. The number of aromatic nitrogens is 1. The van der Waals surface area contributed by atoms with Gasteiger partial charge < -0.3 is 14.8 Å². The lowest BCUT2D eigenvalue weighted by Crippen LogP contribution is -2.24. The monoisotopic (exact) mass is 522 g/mol. The number of hydrogen-bond acceptors (Lipinski definition) is 6. The standard InChI is InChI=1S/C26H20Cl2N4O4/c27-19-8-11-21(28)22(13-19)31-24(33)15-35-20-9-6-17(7-10-20)14-30-32-25(34)16-36-23-5-1-3-18-4-2-12-29-26(18)23/h1-14H,15-16H2,(H,31,33)(H,32,34)/b30-14-. The number of rotatable bonds is 9. The molecule has 0 saturated carbocycles. The number of anilines is 1. The Morgan fingerprint density at radius 2 is 1.69 bits per heavy atom. The van der Waals surface area contributed by atoms with Crippen molar-refractivity contribution in [1.29, 1.82) is 0 Å². The summed E-state index contributed by atoms with van der Waals surface area (Å²) in [5, 5.41) is 8.33. The van der Waals surface area contributed by atoms with Gasteiger partial charge in [-0.25, -0.2) is 5.43 Å². The molecule has 0 aliphatic heterocycles. The van der Waals surface area contributed by atoms with Crippen molar-refractivity contribution in [3.63, 3.8) is 0 Å². The molecular formula is C26H20Cl2N4O4. The molecule has 0 fully saturated rings. The highest BCUT2D eigenvalue weighted by Gasteiger charge is 2.08. The molecular weight excluding hydrogens is 503 g/mol. The number of nitrogens with one attached hydrogen (secondary N) is 2. The summed E-state index contributed by atoms with van der Waals surface area (Å²) in [7, 11) is 0. The molecule has 0 bridgehead atoms. The number of benzene rings is 3. The van der Waals surface area contributed by atoms with Crippen molar-refractivity contribution in [1.82, 2.24) is 10.4 Å². The van der Waals surface area contributed by atoms with Gasteiger partial charge in [-0.1, -0.05) is 41.4 Å². The Morgan fingerprint density at radius 1 is 0.917 bits per heavy atom. The van der Waals surface area contributed by atoms with Crippen LogP contribution in [0.25, 0.3) is 10.9 Å². The number of hydrazone groups is 1. The number of halogens is 2. The Hall–Kier alpha value is -4.14. The van der Waals surface area contributed by atoms with Gasteiger partial charge in [0.1, 0.15) is 17.0 Å². The molecule has 2 N–H and O–H groups in total. The Bertz CT molecular complexity index is 1410. The molecule has 8 nitrogen and oxygen atoms in total. The van der Waals surface area contributed by atoms with Crippen LogP contribution >= 0.6 is 23.2 Å². The Kier molecular flexibility index (Phi) is 8.33. The minimum atomic E-state index is -0.412. The highest BCUT2D eigenvalue weighted by atomic mass is 35.5.